The number of nitrogens with zero attached hydrogens (tertiary/aromatic N) is 1. The average molecular weight is 578 g/mol. The predicted molar refractivity (Wildman–Crippen MR) is 190 cm³/mol. The Kier molecular flexibility index (Phi) is 5.75. The minimum Gasteiger partial charge on any atom is -0.309 e. The first-order valence-electron chi connectivity index (χ1n) is 15.0. The Labute approximate surface area is 259 Å². The molecule has 0 aliphatic heterocycles. The number of rotatable bonds is 4. The Balaban J connectivity index is 1.11. The fourth-order valence-electron chi connectivity index (χ4n) is 6.82. The van der Waals surface area contributed by atoms with Crippen molar-refractivity contribution in [3.05, 3.63) is 164 Å². The molecule has 0 unspecified atom stereocenters. The summed E-state index contributed by atoms with van der Waals surface area (Å²) in [6, 6.07) is 59.5. The number of fused-ring (bicyclic) bond motifs is 6. The molecule has 0 saturated heterocycles. The van der Waals surface area contributed by atoms with Crippen LogP contribution in [0, 0.1) is 0 Å². The number of thiophene rings is 1. The van der Waals surface area contributed by atoms with Crippen LogP contribution in [-0.4, -0.2) is 4.57 Å². The van der Waals surface area contributed by atoms with Gasteiger partial charge in [-0.3, -0.25) is 0 Å². The third kappa shape index (κ3) is 3.92. The van der Waals surface area contributed by atoms with E-state index < -0.39 is 0 Å². The van der Waals surface area contributed by atoms with Gasteiger partial charge in [-0.05, 0) is 69.8 Å². The van der Waals surface area contributed by atoms with E-state index in [1.807, 2.05) is 11.3 Å². The van der Waals surface area contributed by atoms with Crippen LogP contribution in [-0.2, 0) is 0 Å². The summed E-state index contributed by atoms with van der Waals surface area (Å²) in [7, 11) is 0. The van der Waals surface area contributed by atoms with E-state index in [2.05, 4.69) is 168 Å². The summed E-state index contributed by atoms with van der Waals surface area (Å²) in [5, 5.41) is 5.26. The summed E-state index contributed by atoms with van der Waals surface area (Å²) in [5.41, 5.74) is 11.1. The fourth-order valence-corrected chi connectivity index (χ4v) is 7.95. The molecule has 9 aromatic rings. The molecule has 0 amide bonds. The summed E-state index contributed by atoms with van der Waals surface area (Å²) < 4.78 is 5.08. The van der Waals surface area contributed by atoms with E-state index in [0.717, 1.165) is 5.69 Å². The second kappa shape index (κ2) is 10.1. The molecule has 2 heteroatoms. The van der Waals surface area contributed by atoms with Gasteiger partial charge in [-0.15, -0.1) is 11.3 Å². The molecule has 0 aliphatic carbocycles. The number of hydrogen-bond donors (Lipinski definition) is 0. The van der Waals surface area contributed by atoms with Crippen LogP contribution in [0.5, 0.6) is 0 Å². The van der Waals surface area contributed by atoms with Crippen LogP contribution in [0.25, 0.3) is 81.0 Å². The number of para-hydroxylation sites is 1. The van der Waals surface area contributed by atoms with Gasteiger partial charge in [0.25, 0.3) is 0 Å². The smallest absolute Gasteiger partial charge is 0.0547 e. The van der Waals surface area contributed by atoms with Crippen LogP contribution in [0.1, 0.15) is 0 Å². The molecule has 1 nitrogen and oxygen atoms in total. The van der Waals surface area contributed by atoms with Gasteiger partial charge < -0.3 is 4.57 Å². The third-order valence-electron chi connectivity index (χ3n) is 8.84. The maximum atomic E-state index is 2.40. The number of aromatic nitrogens is 1. The van der Waals surface area contributed by atoms with Crippen molar-refractivity contribution in [2.24, 2.45) is 0 Å². The van der Waals surface area contributed by atoms with Gasteiger partial charge in [0.2, 0.25) is 0 Å². The lowest BCUT2D eigenvalue weighted by molar-refractivity contribution is 1.18. The van der Waals surface area contributed by atoms with Crippen molar-refractivity contribution in [2.45, 2.75) is 0 Å². The highest BCUT2D eigenvalue weighted by Gasteiger charge is 2.16. The van der Waals surface area contributed by atoms with Crippen molar-refractivity contribution in [2.75, 3.05) is 0 Å². The topological polar surface area (TPSA) is 4.93 Å². The summed E-state index contributed by atoms with van der Waals surface area (Å²) >= 11 is 1.87. The highest BCUT2D eigenvalue weighted by atomic mass is 32.1. The van der Waals surface area contributed by atoms with Gasteiger partial charge in [0.05, 0.1) is 11.0 Å². The van der Waals surface area contributed by atoms with E-state index in [-0.39, 0.29) is 0 Å². The quantitative estimate of drug-likeness (QED) is 0.196. The number of hydrogen-bond acceptors (Lipinski definition) is 1. The van der Waals surface area contributed by atoms with Crippen molar-refractivity contribution < 1.29 is 0 Å². The van der Waals surface area contributed by atoms with Crippen molar-refractivity contribution >= 4 is 53.3 Å². The normalized spacial score (nSPS) is 11.6. The van der Waals surface area contributed by atoms with Crippen LogP contribution < -0.4 is 0 Å². The molecule has 7 aromatic carbocycles. The maximum Gasteiger partial charge on any atom is 0.0547 e. The third-order valence-corrected chi connectivity index (χ3v) is 9.98. The van der Waals surface area contributed by atoms with Crippen molar-refractivity contribution in [3.8, 4) is 39.1 Å². The minimum absolute atomic E-state index is 1.16. The van der Waals surface area contributed by atoms with Gasteiger partial charge in [-0.25, -0.2) is 0 Å². The monoisotopic (exact) mass is 577 g/mol. The van der Waals surface area contributed by atoms with Gasteiger partial charge in [0.15, 0.2) is 0 Å². The van der Waals surface area contributed by atoms with E-state index in [4.69, 9.17) is 0 Å². The first-order valence-corrected chi connectivity index (χ1v) is 15.8. The molecule has 0 aliphatic rings. The van der Waals surface area contributed by atoms with Crippen molar-refractivity contribution in [1.29, 1.82) is 0 Å². The molecule has 0 spiro atoms. The molecule has 9 rings (SSSR count). The van der Waals surface area contributed by atoms with Gasteiger partial charge >= 0.3 is 0 Å². The van der Waals surface area contributed by atoms with Crippen LogP contribution >= 0.6 is 11.3 Å². The largest absolute Gasteiger partial charge is 0.309 e. The molecule has 0 N–H and O–H groups in total. The number of benzene rings is 7. The minimum atomic E-state index is 1.16. The Morgan fingerprint density at radius 3 is 1.68 bits per heavy atom. The molecular weight excluding hydrogens is 551 g/mol. The zero-order valence-electron chi connectivity index (χ0n) is 23.9. The van der Waals surface area contributed by atoms with E-state index in [0.29, 0.717) is 0 Å². The van der Waals surface area contributed by atoms with E-state index in [1.165, 1.54) is 75.4 Å². The Morgan fingerprint density at radius 2 is 0.886 bits per heavy atom. The van der Waals surface area contributed by atoms with Crippen LogP contribution in [0.4, 0.5) is 0 Å². The summed E-state index contributed by atoms with van der Waals surface area (Å²) in [6.45, 7) is 0. The van der Waals surface area contributed by atoms with Gasteiger partial charge in [0.1, 0.15) is 0 Å². The molecule has 2 heterocycles. The molecule has 0 fully saturated rings. The predicted octanol–water partition coefficient (Wildman–Crippen LogP) is 12.2. The maximum absolute atomic E-state index is 2.40. The first-order chi connectivity index (χ1) is 21.8. The fraction of sp³-hybridized carbons (Fsp3) is 0. The zero-order chi connectivity index (χ0) is 29.0. The zero-order valence-corrected chi connectivity index (χ0v) is 24.8. The lowest BCUT2D eigenvalue weighted by Gasteiger charge is -2.11. The van der Waals surface area contributed by atoms with E-state index in [1.54, 1.807) is 0 Å². The Bertz CT molecular complexity index is 2460. The van der Waals surface area contributed by atoms with Gasteiger partial charge in [0, 0.05) is 36.6 Å². The van der Waals surface area contributed by atoms with Crippen molar-refractivity contribution in [1.82, 2.24) is 4.57 Å². The summed E-state index contributed by atoms with van der Waals surface area (Å²) in [6.07, 6.45) is 0. The van der Waals surface area contributed by atoms with Gasteiger partial charge in [-0.2, -0.15) is 0 Å². The van der Waals surface area contributed by atoms with Crippen LogP contribution in [0.15, 0.2) is 164 Å². The van der Waals surface area contributed by atoms with Crippen LogP contribution in [0.2, 0.25) is 0 Å². The molecule has 0 bridgehead atoms. The molecule has 206 valence electrons. The standard InChI is InChI=1S/C42H27NS/c1-2-10-30(11-3-1)33-14-8-17-38-41(33)35-12-4-6-16-37(35)43(38)32-26-24-29(25-27-32)28-20-22-31(23-21-28)34-15-9-19-40-42(34)36-13-5-7-18-39(36)44-40/h1-27H. The molecular formula is C42H27NS. The van der Waals surface area contributed by atoms with Crippen LogP contribution in [0.3, 0.4) is 0 Å². The second-order valence-corrected chi connectivity index (χ2v) is 12.4. The molecule has 44 heavy (non-hydrogen) atoms. The summed E-state index contributed by atoms with van der Waals surface area (Å²) in [5.74, 6) is 0. The average Bonchev–Trinajstić information content (AvgIpc) is 3.65. The van der Waals surface area contributed by atoms with E-state index in [9.17, 15) is 0 Å². The SMILES string of the molecule is c1ccc(-c2cccc3c2c2ccccc2n3-c2ccc(-c3ccc(-c4cccc5sc6ccccc6c45)cc3)cc2)cc1. The molecule has 2 aromatic heterocycles. The lowest BCUT2D eigenvalue weighted by atomic mass is 9.97. The second-order valence-electron chi connectivity index (χ2n) is 11.3. The Hall–Kier alpha value is -5.44. The molecule has 0 atom stereocenters. The first kappa shape index (κ1) is 25.1. The van der Waals surface area contributed by atoms with Gasteiger partial charge in [-0.1, -0.05) is 127 Å². The summed E-state index contributed by atoms with van der Waals surface area (Å²) in [4.78, 5) is 0. The molecule has 0 saturated carbocycles. The Morgan fingerprint density at radius 1 is 0.341 bits per heavy atom. The van der Waals surface area contributed by atoms with E-state index >= 15 is 0 Å². The highest BCUT2D eigenvalue weighted by molar-refractivity contribution is 7.25. The lowest BCUT2D eigenvalue weighted by Crippen LogP contribution is -1.93. The van der Waals surface area contributed by atoms with Crippen molar-refractivity contribution in [3.63, 3.8) is 0 Å². The highest BCUT2D eigenvalue weighted by Crippen LogP contribution is 2.41. The molecule has 0 radical (unpaired) electrons.